The Morgan fingerprint density at radius 2 is 1.77 bits per heavy atom. The normalized spacial score (nSPS) is 11.1. The molecule has 0 rings (SSSR count). The van der Waals surface area contributed by atoms with Crippen molar-refractivity contribution in [1.82, 2.24) is 5.32 Å². The van der Waals surface area contributed by atoms with Crippen LogP contribution in [-0.2, 0) is 9.59 Å². The van der Waals surface area contributed by atoms with E-state index in [9.17, 15) is 9.59 Å². The molecule has 0 aliphatic carbocycles. The third-order valence-corrected chi connectivity index (χ3v) is 1.76. The molecule has 0 heterocycles. The summed E-state index contributed by atoms with van der Waals surface area (Å²) in [5, 5.41) is 2.73. The van der Waals surface area contributed by atoms with Crippen LogP contribution in [-0.4, -0.2) is 18.2 Å². The van der Waals surface area contributed by atoms with Gasteiger partial charge in [0, 0.05) is 24.8 Å². The summed E-state index contributed by atoms with van der Waals surface area (Å²) in [5.74, 6) is 0.186. The topological polar surface area (TPSA) is 46.2 Å². The van der Waals surface area contributed by atoms with Gasteiger partial charge >= 0.3 is 0 Å². The SMILES string of the molecule is CCC(=O)CCNC(=O)C(C)(C)C. The fourth-order valence-electron chi connectivity index (χ4n) is 0.757. The van der Waals surface area contributed by atoms with Gasteiger partial charge in [-0.3, -0.25) is 9.59 Å². The van der Waals surface area contributed by atoms with Crippen molar-refractivity contribution in [3.05, 3.63) is 0 Å². The first-order chi connectivity index (χ1) is 5.88. The maximum absolute atomic E-state index is 11.3. The van der Waals surface area contributed by atoms with E-state index in [1.165, 1.54) is 0 Å². The van der Waals surface area contributed by atoms with E-state index in [4.69, 9.17) is 0 Å². The molecule has 0 saturated heterocycles. The molecule has 1 amide bonds. The summed E-state index contributed by atoms with van der Waals surface area (Å²) in [5.41, 5.74) is -0.366. The number of ketones is 1. The Morgan fingerprint density at radius 3 is 2.15 bits per heavy atom. The number of rotatable bonds is 4. The lowest BCUT2D eigenvalue weighted by Crippen LogP contribution is -2.35. The van der Waals surface area contributed by atoms with Gasteiger partial charge in [-0.1, -0.05) is 27.7 Å². The van der Waals surface area contributed by atoms with Gasteiger partial charge in [0.05, 0.1) is 0 Å². The minimum atomic E-state index is -0.366. The van der Waals surface area contributed by atoms with Crippen LogP contribution in [0.1, 0.15) is 40.5 Å². The molecule has 3 nitrogen and oxygen atoms in total. The molecule has 0 aromatic carbocycles. The predicted molar refractivity (Wildman–Crippen MR) is 52.4 cm³/mol. The Hall–Kier alpha value is -0.860. The minimum absolute atomic E-state index is 0.00333. The van der Waals surface area contributed by atoms with Crippen LogP contribution in [0.3, 0.4) is 0 Å². The Bertz CT molecular complexity index is 192. The molecule has 0 spiro atoms. The minimum Gasteiger partial charge on any atom is -0.355 e. The third kappa shape index (κ3) is 5.39. The van der Waals surface area contributed by atoms with Crippen molar-refractivity contribution in [2.24, 2.45) is 5.41 Å². The lowest BCUT2D eigenvalue weighted by molar-refractivity contribution is -0.128. The van der Waals surface area contributed by atoms with E-state index in [0.717, 1.165) is 0 Å². The molecule has 0 radical (unpaired) electrons. The molecule has 0 aromatic heterocycles. The van der Waals surface area contributed by atoms with E-state index < -0.39 is 0 Å². The van der Waals surface area contributed by atoms with Crippen molar-refractivity contribution in [2.75, 3.05) is 6.54 Å². The van der Waals surface area contributed by atoms with Gasteiger partial charge in [0.25, 0.3) is 0 Å². The van der Waals surface area contributed by atoms with Gasteiger partial charge in [-0.15, -0.1) is 0 Å². The lowest BCUT2D eigenvalue weighted by Gasteiger charge is -2.17. The van der Waals surface area contributed by atoms with Crippen LogP contribution in [0.15, 0.2) is 0 Å². The molecule has 0 atom stereocenters. The number of carbonyl (C=O) groups is 2. The van der Waals surface area contributed by atoms with E-state index in [0.29, 0.717) is 19.4 Å². The molecule has 76 valence electrons. The quantitative estimate of drug-likeness (QED) is 0.721. The average molecular weight is 185 g/mol. The van der Waals surface area contributed by atoms with Crippen LogP contribution >= 0.6 is 0 Å². The van der Waals surface area contributed by atoms with Crippen molar-refractivity contribution in [2.45, 2.75) is 40.5 Å². The Kier molecular flexibility index (Phi) is 4.67. The van der Waals surface area contributed by atoms with Gasteiger partial charge in [0.2, 0.25) is 5.91 Å². The molecule has 0 saturated carbocycles. The highest BCUT2D eigenvalue weighted by atomic mass is 16.2. The number of nitrogens with one attached hydrogen (secondary N) is 1. The molecule has 0 aromatic rings. The number of carbonyl (C=O) groups excluding carboxylic acids is 2. The summed E-state index contributed by atoms with van der Waals surface area (Å²) >= 11 is 0. The van der Waals surface area contributed by atoms with E-state index in [1.54, 1.807) is 0 Å². The highest BCUT2D eigenvalue weighted by Gasteiger charge is 2.20. The third-order valence-electron chi connectivity index (χ3n) is 1.76. The Labute approximate surface area is 79.9 Å². The summed E-state index contributed by atoms with van der Waals surface area (Å²) in [6.07, 6.45) is 0.990. The second kappa shape index (κ2) is 5.00. The van der Waals surface area contributed by atoms with Crippen molar-refractivity contribution in [1.29, 1.82) is 0 Å². The highest BCUT2D eigenvalue weighted by Crippen LogP contribution is 2.12. The van der Waals surface area contributed by atoms with Crippen LogP contribution < -0.4 is 5.32 Å². The van der Waals surface area contributed by atoms with Gasteiger partial charge < -0.3 is 5.32 Å². The van der Waals surface area contributed by atoms with Crippen molar-refractivity contribution < 1.29 is 9.59 Å². The number of amides is 1. The zero-order valence-corrected chi connectivity index (χ0v) is 8.94. The Balaban J connectivity index is 3.67. The fourth-order valence-corrected chi connectivity index (χ4v) is 0.757. The van der Waals surface area contributed by atoms with E-state index in [-0.39, 0.29) is 17.1 Å². The van der Waals surface area contributed by atoms with E-state index in [2.05, 4.69) is 5.32 Å². The molecular weight excluding hydrogens is 166 g/mol. The second-order valence-corrected chi connectivity index (χ2v) is 4.15. The lowest BCUT2D eigenvalue weighted by atomic mass is 9.96. The molecule has 13 heavy (non-hydrogen) atoms. The van der Waals surface area contributed by atoms with Crippen molar-refractivity contribution in [3.8, 4) is 0 Å². The summed E-state index contributed by atoms with van der Waals surface area (Å²) in [6.45, 7) is 7.84. The van der Waals surface area contributed by atoms with Crippen LogP contribution in [0.25, 0.3) is 0 Å². The summed E-state index contributed by atoms with van der Waals surface area (Å²) < 4.78 is 0. The predicted octanol–water partition coefficient (Wildman–Crippen LogP) is 1.52. The second-order valence-electron chi connectivity index (χ2n) is 4.15. The molecule has 1 N–H and O–H groups in total. The fraction of sp³-hybridized carbons (Fsp3) is 0.800. The zero-order valence-electron chi connectivity index (χ0n) is 8.94. The number of hydrogen-bond donors (Lipinski definition) is 1. The number of hydrogen-bond acceptors (Lipinski definition) is 2. The van der Waals surface area contributed by atoms with Gasteiger partial charge in [-0.05, 0) is 0 Å². The average Bonchev–Trinajstić information content (AvgIpc) is 2.02. The first-order valence-corrected chi connectivity index (χ1v) is 4.68. The van der Waals surface area contributed by atoms with Gasteiger partial charge in [0.1, 0.15) is 5.78 Å². The smallest absolute Gasteiger partial charge is 0.225 e. The number of Topliss-reactive ketones (excluding diaryl/α,β-unsaturated/α-hetero) is 1. The zero-order chi connectivity index (χ0) is 10.5. The highest BCUT2D eigenvalue weighted by molar-refractivity contribution is 5.82. The largest absolute Gasteiger partial charge is 0.355 e. The van der Waals surface area contributed by atoms with Crippen molar-refractivity contribution in [3.63, 3.8) is 0 Å². The standard InChI is InChI=1S/C10H19NO2/c1-5-8(12)6-7-11-9(13)10(2,3)4/h5-7H2,1-4H3,(H,11,13). The molecule has 0 fully saturated rings. The van der Waals surface area contributed by atoms with Crippen LogP contribution in [0.5, 0.6) is 0 Å². The Morgan fingerprint density at radius 1 is 1.23 bits per heavy atom. The first-order valence-electron chi connectivity index (χ1n) is 4.68. The van der Waals surface area contributed by atoms with E-state index >= 15 is 0 Å². The van der Waals surface area contributed by atoms with Crippen molar-refractivity contribution >= 4 is 11.7 Å². The molecule has 0 aliphatic heterocycles. The summed E-state index contributed by atoms with van der Waals surface area (Å²) in [7, 11) is 0. The molecule has 0 bridgehead atoms. The van der Waals surface area contributed by atoms with Gasteiger partial charge in [-0.25, -0.2) is 0 Å². The van der Waals surface area contributed by atoms with Gasteiger partial charge in [0.15, 0.2) is 0 Å². The maximum Gasteiger partial charge on any atom is 0.225 e. The van der Waals surface area contributed by atoms with Gasteiger partial charge in [-0.2, -0.15) is 0 Å². The molecule has 0 aliphatic rings. The molecular formula is C10H19NO2. The first kappa shape index (κ1) is 12.1. The van der Waals surface area contributed by atoms with Crippen LogP contribution in [0, 0.1) is 5.41 Å². The van der Waals surface area contributed by atoms with Crippen LogP contribution in [0.2, 0.25) is 0 Å². The van der Waals surface area contributed by atoms with E-state index in [1.807, 2.05) is 27.7 Å². The van der Waals surface area contributed by atoms with Crippen LogP contribution in [0.4, 0.5) is 0 Å². The maximum atomic E-state index is 11.3. The summed E-state index contributed by atoms with van der Waals surface area (Å²) in [6, 6.07) is 0. The molecule has 0 unspecified atom stereocenters. The summed E-state index contributed by atoms with van der Waals surface area (Å²) in [4.78, 5) is 22.2. The monoisotopic (exact) mass is 185 g/mol. The molecule has 3 heteroatoms.